The van der Waals surface area contributed by atoms with Gasteiger partial charge in [-0.25, -0.2) is 13.2 Å². The number of hydrazine groups is 1. The summed E-state index contributed by atoms with van der Waals surface area (Å²) in [5.74, 6) is 0.311. The lowest BCUT2D eigenvalue weighted by atomic mass is 9.97. The molecule has 1 saturated heterocycles. The molecule has 0 radical (unpaired) electrons. The highest BCUT2D eigenvalue weighted by atomic mass is 32.2. The molecule has 0 aromatic heterocycles. The van der Waals surface area contributed by atoms with Gasteiger partial charge in [0, 0.05) is 16.7 Å². The van der Waals surface area contributed by atoms with Crippen LogP contribution in [-0.4, -0.2) is 58.1 Å². The SMILES string of the molecule is NN/C(=C\NC1C(O)[C@@H](Sc2ccc(OC(F)(F)F)cc2)OC(CO)[C@@H]1O)c1cc(F)c(F)c(F)c1. The molecule has 1 aliphatic heterocycles. The number of halogens is 6. The minimum Gasteiger partial charge on any atom is -0.406 e. The van der Waals surface area contributed by atoms with Crippen LogP contribution >= 0.6 is 11.8 Å². The Hall–Kier alpha value is -2.69. The van der Waals surface area contributed by atoms with E-state index < -0.39 is 66.0 Å². The minimum absolute atomic E-state index is 0.135. The summed E-state index contributed by atoms with van der Waals surface area (Å²) in [6.45, 7) is -0.651. The van der Waals surface area contributed by atoms with Gasteiger partial charge in [-0.3, -0.25) is 5.84 Å². The van der Waals surface area contributed by atoms with Gasteiger partial charge in [0.1, 0.15) is 29.5 Å². The van der Waals surface area contributed by atoms with Crippen molar-refractivity contribution in [2.75, 3.05) is 6.61 Å². The largest absolute Gasteiger partial charge is 0.573 e. The number of aliphatic hydroxyl groups is 3. The van der Waals surface area contributed by atoms with Crippen LogP contribution in [0.2, 0.25) is 0 Å². The van der Waals surface area contributed by atoms with Crippen LogP contribution in [0, 0.1) is 17.5 Å². The summed E-state index contributed by atoms with van der Waals surface area (Å²) < 4.78 is 86.8. The molecule has 2 aromatic carbocycles. The van der Waals surface area contributed by atoms with Gasteiger partial charge in [0.25, 0.3) is 0 Å². The maximum atomic E-state index is 13.6. The summed E-state index contributed by atoms with van der Waals surface area (Å²) in [5.41, 5.74) is 0.724. The fourth-order valence-corrected chi connectivity index (χ4v) is 4.40. The molecule has 3 unspecified atom stereocenters. The van der Waals surface area contributed by atoms with E-state index in [0.29, 0.717) is 17.0 Å². The standard InChI is InChI=1S/C21H21F6N3O5S/c22-12-5-9(6-13(23)16(12)24)14(30-28)7-29-17-18(32)15(8-31)34-20(19(17)33)36-11-3-1-10(2-4-11)35-21(25,26)27/h1-7,15,17-20,29-33H,8,28H2/b14-7-/t15?,17?,18-,19?,20+/m0/s1. The van der Waals surface area contributed by atoms with Crippen LogP contribution < -0.4 is 21.3 Å². The number of hydrogen-bond donors (Lipinski definition) is 6. The smallest absolute Gasteiger partial charge is 0.406 e. The van der Waals surface area contributed by atoms with Gasteiger partial charge in [-0.05, 0) is 36.4 Å². The number of ether oxygens (including phenoxy) is 2. The average Bonchev–Trinajstić information content (AvgIpc) is 2.81. The first-order valence-electron chi connectivity index (χ1n) is 10.2. The van der Waals surface area contributed by atoms with Crippen LogP contribution in [0.3, 0.4) is 0 Å². The van der Waals surface area contributed by atoms with Crippen molar-refractivity contribution in [3.05, 3.63) is 65.6 Å². The zero-order valence-electron chi connectivity index (χ0n) is 18.0. The van der Waals surface area contributed by atoms with Crippen molar-refractivity contribution in [2.24, 2.45) is 5.84 Å². The fraction of sp³-hybridized carbons (Fsp3) is 0.333. The third-order valence-electron chi connectivity index (χ3n) is 5.06. The van der Waals surface area contributed by atoms with Gasteiger partial charge in [-0.2, -0.15) is 0 Å². The molecular weight excluding hydrogens is 520 g/mol. The second kappa shape index (κ2) is 11.6. The van der Waals surface area contributed by atoms with Gasteiger partial charge >= 0.3 is 6.36 Å². The first-order valence-corrected chi connectivity index (χ1v) is 11.0. The molecule has 0 amide bonds. The van der Waals surface area contributed by atoms with Crippen molar-refractivity contribution < 1.29 is 51.1 Å². The molecular formula is C21H21F6N3O5S. The predicted octanol–water partition coefficient (Wildman–Crippen LogP) is 1.95. The van der Waals surface area contributed by atoms with Gasteiger partial charge in [0.05, 0.1) is 18.3 Å². The van der Waals surface area contributed by atoms with E-state index in [1.54, 1.807) is 0 Å². The van der Waals surface area contributed by atoms with E-state index in [4.69, 9.17) is 10.6 Å². The summed E-state index contributed by atoms with van der Waals surface area (Å²) in [5, 5.41) is 33.5. The van der Waals surface area contributed by atoms with Crippen molar-refractivity contribution in [1.29, 1.82) is 0 Å². The molecule has 0 bridgehead atoms. The lowest BCUT2D eigenvalue weighted by molar-refractivity contribution is -0.274. The molecule has 5 atom stereocenters. The highest BCUT2D eigenvalue weighted by molar-refractivity contribution is 7.99. The van der Waals surface area contributed by atoms with Gasteiger partial charge in [-0.1, -0.05) is 11.8 Å². The third kappa shape index (κ3) is 6.74. The average molecular weight is 541 g/mol. The Kier molecular flexibility index (Phi) is 8.97. The van der Waals surface area contributed by atoms with Gasteiger partial charge < -0.3 is 35.5 Å². The van der Waals surface area contributed by atoms with Crippen molar-refractivity contribution >= 4 is 17.5 Å². The Morgan fingerprint density at radius 2 is 1.69 bits per heavy atom. The minimum atomic E-state index is -4.86. The van der Waals surface area contributed by atoms with Crippen LogP contribution in [0.15, 0.2) is 47.5 Å². The van der Waals surface area contributed by atoms with Crippen LogP contribution in [0.25, 0.3) is 5.70 Å². The summed E-state index contributed by atoms with van der Waals surface area (Å²) in [6.07, 6.45) is -7.90. The fourth-order valence-electron chi connectivity index (χ4n) is 3.33. The quantitative estimate of drug-likeness (QED) is 0.129. The van der Waals surface area contributed by atoms with E-state index in [9.17, 15) is 41.7 Å². The lowest BCUT2D eigenvalue weighted by Gasteiger charge is -2.42. The first-order chi connectivity index (χ1) is 16.9. The topological polar surface area (TPSA) is 129 Å². The highest BCUT2D eigenvalue weighted by Crippen LogP contribution is 2.35. The molecule has 2 aromatic rings. The van der Waals surface area contributed by atoms with Crippen molar-refractivity contribution in [2.45, 2.75) is 41.0 Å². The number of aliphatic hydroxyl groups excluding tert-OH is 3. The molecule has 15 heteroatoms. The van der Waals surface area contributed by atoms with Gasteiger partial charge in [0.2, 0.25) is 0 Å². The molecule has 0 saturated carbocycles. The van der Waals surface area contributed by atoms with Crippen LogP contribution in [0.1, 0.15) is 5.56 Å². The molecule has 3 rings (SSSR count). The Morgan fingerprint density at radius 3 is 2.22 bits per heavy atom. The van der Waals surface area contributed by atoms with Crippen LogP contribution in [-0.2, 0) is 4.74 Å². The first kappa shape index (κ1) is 27.9. The summed E-state index contributed by atoms with van der Waals surface area (Å²) >= 11 is 0.893. The third-order valence-corrected chi connectivity index (χ3v) is 6.23. The number of rotatable bonds is 8. The zero-order valence-corrected chi connectivity index (χ0v) is 18.9. The van der Waals surface area contributed by atoms with Crippen molar-refractivity contribution in [3.8, 4) is 5.75 Å². The van der Waals surface area contributed by atoms with E-state index >= 15 is 0 Å². The molecule has 198 valence electrons. The molecule has 1 fully saturated rings. The lowest BCUT2D eigenvalue weighted by Crippen LogP contribution is -2.62. The Balaban J connectivity index is 1.78. The van der Waals surface area contributed by atoms with Crippen LogP contribution in [0.4, 0.5) is 26.3 Å². The summed E-state index contributed by atoms with van der Waals surface area (Å²) in [6, 6.07) is 4.83. The van der Waals surface area contributed by atoms with E-state index in [-0.39, 0.29) is 11.3 Å². The Morgan fingerprint density at radius 1 is 1.08 bits per heavy atom. The molecule has 36 heavy (non-hydrogen) atoms. The van der Waals surface area contributed by atoms with Gasteiger partial charge in [-0.15, -0.1) is 13.2 Å². The van der Waals surface area contributed by atoms with E-state index in [1.165, 1.54) is 12.1 Å². The number of nitrogens with one attached hydrogen (secondary N) is 2. The second-order valence-corrected chi connectivity index (χ2v) is 8.66. The maximum absolute atomic E-state index is 13.6. The van der Waals surface area contributed by atoms with E-state index in [1.807, 2.05) is 0 Å². The Labute approximate surface area is 204 Å². The van der Waals surface area contributed by atoms with Crippen molar-refractivity contribution in [1.82, 2.24) is 10.7 Å². The number of hydrogen-bond acceptors (Lipinski definition) is 9. The molecule has 0 spiro atoms. The molecule has 7 N–H and O–H groups in total. The summed E-state index contributed by atoms with van der Waals surface area (Å²) in [7, 11) is 0. The van der Waals surface area contributed by atoms with Gasteiger partial charge in [0.15, 0.2) is 17.5 Å². The number of thioether (sulfide) groups is 1. The molecule has 0 aliphatic carbocycles. The summed E-state index contributed by atoms with van der Waals surface area (Å²) in [4.78, 5) is 0.373. The number of benzene rings is 2. The normalized spacial score (nSPS) is 24.9. The number of nitrogens with two attached hydrogens (primary N) is 1. The monoisotopic (exact) mass is 541 g/mol. The second-order valence-electron chi connectivity index (χ2n) is 7.49. The zero-order chi connectivity index (χ0) is 26.6. The molecule has 1 heterocycles. The predicted molar refractivity (Wildman–Crippen MR) is 115 cm³/mol. The maximum Gasteiger partial charge on any atom is 0.573 e. The Bertz CT molecular complexity index is 1050. The molecule has 8 nitrogen and oxygen atoms in total. The highest BCUT2D eigenvalue weighted by Gasteiger charge is 2.44. The van der Waals surface area contributed by atoms with E-state index in [0.717, 1.165) is 30.1 Å². The molecule has 1 aliphatic rings. The van der Waals surface area contributed by atoms with Crippen molar-refractivity contribution in [3.63, 3.8) is 0 Å². The van der Waals surface area contributed by atoms with E-state index in [2.05, 4.69) is 15.5 Å². The van der Waals surface area contributed by atoms with Crippen LogP contribution in [0.5, 0.6) is 5.75 Å². The number of alkyl halides is 3.